The van der Waals surface area contributed by atoms with Crippen molar-refractivity contribution in [3.8, 4) is 0 Å². The lowest BCUT2D eigenvalue weighted by atomic mass is 10.2. The van der Waals surface area contributed by atoms with Crippen molar-refractivity contribution in [2.75, 3.05) is 0 Å². The van der Waals surface area contributed by atoms with E-state index in [0.717, 1.165) is 16.5 Å². The summed E-state index contributed by atoms with van der Waals surface area (Å²) in [6, 6.07) is 9.73. The summed E-state index contributed by atoms with van der Waals surface area (Å²) in [7, 11) is 0. The normalized spacial score (nSPS) is 10.2. The highest BCUT2D eigenvalue weighted by atomic mass is 16.3. The maximum Gasteiger partial charge on any atom is 0.108 e. The minimum Gasteiger partial charge on any atom is -0.256 e. The van der Waals surface area contributed by atoms with Crippen molar-refractivity contribution in [3.05, 3.63) is 47.0 Å². The van der Waals surface area contributed by atoms with Crippen LogP contribution in [0.4, 0.5) is 0 Å². The van der Waals surface area contributed by atoms with Crippen molar-refractivity contribution in [2.45, 2.75) is 6.54 Å². The molecular formula is C10H8N2O. The van der Waals surface area contributed by atoms with Crippen molar-refractivity contribution in [3.63, 3.8) is 0 Å². The van der Waals surface area contributed by atoms with Gasteiger partial charge in [0.25, 0.3) is 0 Å². The molecule has 1 heterocycles. The molecule has 0 aliphatic carbocycles. The Labute approximate surface area is 75.4 Å². The van der Waals surface area contributed by atoms with Crippen LogP contribution in [-0.2, 0) is 6.54 Å². The number of benzene rings is 1. The third-order valence-corrected chi connectivity index (χ3v) is 1.89. The van der Waals surface area contributed by atoms with E-state index in [-0.39, 0.29) is 6.54 Å². The van der Waals surface area contributed by atoms with Gasteiger partial charge in [-0.1, -0.05) is 23.4 Å². The molecule has 13 heavy (non-hydrogen) atoms. The monoisotopic (exact) mass is 172 g/mol. The number of rotatable bonds is 2. The van der Waals surface area contributed by atoms with Crippen LogP contribution in [0.5, 0.6) is 0 Å². The second-order valence-corrected chi connectivity index (χ2v) is 2.82. The Morgan fingerprint density at radius 3 is 3.00 bits per heavy atom. The lowest BCUT2D eigenvalue weighted by Crippen LogP contribution is -1.84. The molecule has 0 bridgehead atoms. The summed E-state index contributed by atoms with van der Waals surface area (Å²) in [5.74, 6) is 0. The Morgan fingerprint density at radius 1 is 1.31 bits per heavy atom. The summed E-state index contributed by atoms with van der Waals surface area (Å²) in [5.41, 5.74) is 1.80. The van der Waals surface area contributed by atoms with E-state index >= 15 is 0 Å². The molecule has 0 amide bonds. The number of nitrogens with zero attached hydrogens (tertiary/aromatic N) is 2. The highest BCUT2D eigenvalue weighted by molar-refractivity contribution is 5.78. The Morgan fingerprint density at radius 2 is 2.15 bits per heavy atom. The molecule has 0 saturated carbocycles. The van der Waals surface area contributed by atoms with Crippen LogP contribution in [0.25, 0.3) is 10.9 Å². The van der Waals surface area contributed by atoms with E-state index < -0.39 is 0 Å². The largest absolute Gasteiger partial charge is 0.256 e. The number of nitroso groups, excluding NO2 is 1. The summed E-state index contributed by atoms with van der Waals surface area (Å²) < 4.78 is 0. The minimum atomic E-state index is 0.192. The van der Waals surface area contributed by atoms with Crippen LogP contribution in [0.3, 0.4) is 0 Å². The molecule has 64 valence electrons. The first-order chi connectivity index (χ1) is 6.40. The van der Waals surface area contributed by atoms with Gasteiger partial charge in [-0.05, 0) is 17.7 Å². The number of hydrogen-bond acceptors (Lipinski definition) is 3. The van der Waals surface area contributed by atoms with Gasteiger partial charge >= 0.3 is 0 Å². The minimum absolute atomic E-state index is 0.192. The fourth-order valence-corrected chi connectivity index (χ4v) is 1.28. The van der Waals surface area contributed by atoms with E-state index in [0.29, 0.717) is 0 Å². The molecule has 0 spiro atoms. The van der Waals surface area contributed by atoms with Crippen LogP contribution >= 0.6 is 0 Å². The summed E-state index contributed by atoms with van der Waals surface area (Å²) in [4.78, 5) is 14.2. The van der Waals surface area contributed by atoms with Gasteiger partial charge in [-0.15, -0.1) is 0 Å². The molecule has 0 fully saturated rings. The maximum atomic E-state index is 10.0. The van der Waals surface area contributed by atoms with E-state index in [1.807, 2.05) is 30.3 Å². The van der Waals surface area contributed by atoms with Gasteiger partial charge in [-0.3, -0.25) is 4.98 Å². The smallest absolute Gasteiger partial charge is 0.108 e. The molecule has 0 radical (unpaired) electrons. The Kier molecular flexibility index (Phi) is 2.00. The molecule has 0 saturated heterocycles. The molecule has 0 unspecified atom stereocenters. The summed E-state index contributed by atoms with van der Waals surface area (Å²) in [5, 5.41) is 3.87. The van der Waals surface area contributed by atoms with Crippen LogP contribution in [0, 0.1) is 4.91 Å². The van der Waals surface area contributed by atoms with Gasteiger partial charge < -0.3 is 0 Å². The molecule has 1 aromatic carbocycles. The lowest BCUT2D eigenvalue weighted by molar-refractivity contribution is 1.04. The van der Waals surface area contributed by atoms with Gasteiger partial charge in [0.1, 0.15) is 6.54 Å². The third kappa shape index (κ3) is 1.54. The first-order valence-corrected chi connectivity index (χ1v) is 4.03. The second-order valence-electron chi connectivity index (χ2n) is 2.82. The van der Waals surface area contributed by atoms with Crippen molar-refractivity contribution < 1.29 is 0 Å². The van der Waals surface area contributed by atoms with Crippen LogP contribution < -0.4 is 0 Å². The molecule has 3 nitrogen and oxygen atoms in total. The van der Waals surface area contributed by atoms with Crippen LogP contribution in [0.1, 0.15) is 5.56 Å². The third-order valence-electron chi connectivity index (χ3n) is 1.89. The molecule has 2 rings (SSSR count). The van der Waals surface area contributed by atoms with Crippen molar-refractivity contribution in [2.24, 2.45) is 5.18 Å². The molecule has 0 atom stereocenters. The predicted octanol–water partition coefficient (Wildman–Crippen LogP) is 2.50. The van der Waals surface area contributed by atoms with Gasteiger partial charge in [0, 0.05) is 11.6 Å². The number of pyridine rings is 1. The fourth-order valence-electron chi connectivity index (χ4n) is 1.28. The number of fused-ring (bicyclic) bond motifs is 1. The Balaban J connectivity index is 2.55. The Bertz CT molecular complexity index is 440. The first-order valence-electron chi connectivity index (χ1n) is 4.03. The zero-order valence-corrected chi connectivity index (χ0v) is 6.97. The highest BCUT2D eigenvalue weighted by Gasteiger charge is 1.96. The molecule has 0 aliphatic rings. The average molecular weight is 172 g/mol. The fraction of sp³-hybridized carbons (Fsp3) is 0.100. The Hall–Kier alpha value is -1.77. The molecule has 3 heteroatoms. The first kappa shape index (κ1) is 7.86. The van der Waals surface area contributed by atoms with E-state index in [2.05, 4.69) is 10.2 Å². The van der Waals surface area contributed by atoms with Gasteiger partial charge in [-0.2, -0.15) is 4.91 Å². The summed E-state index contributed by atoms with van der Waals surface area (Å²) in [6.45, 7) is 0.192. The molecule has 0 N–H and O–H groups in total. The van der Waals surface area contributed by atoms with Gasteiger partial charge in [-0.25, -0.2) is 0 Å². The zero-order chi connectivity index (χ0) is 9.10. The number of para-hydroxylation sites is 1. The van der Waals surface area contributed by atoms with Crippen molar-refractivity contribution in [1.82, 2.24) is 4.98 Å². The van der Waals surface area contributed by atoms with Gasteiger partial charge in [0.2, 0.25) is 0 Å². The molecule has 2 aromatic rings. The number of hydrogen-bond donors (Lipinski definition) is 0. The second kappa shape index (κ2) is 3.31. The lowest BCUT2D eigenvalue weighted by Gasteiger charge is -1.97. The van der Waals surface area contributed by atoms with Gasteiger partial charge in [0.15, 0.2) is 0 Å². The average Bonchev–Trinajstić information content (AvgIpc) is 2.18. The quantitative estimate of drug-likeness (QED) is 0.653. The van der Waals surface area contributed by atoms with E-state index in [9.17, 15) is 4.91 Å². The van der Waals surface area contributed by atoms with Gasteiger partial charge in [0.05, 0.1) is 5.52 Å². The SMILES string of the molecule is O=NCc1cnc2ccccc2c1. The molecule has 0 aliphatic heterocycles. The van der Waals surface area contributed by atoms with E-state index in [1.165, 1.54) is 0 Å². The van der Waals surface area contributed by atoms with Crippen LogP contribution in [0.2, 0.25) is 0 Å². The van der Waals surface area contributed by atoms with E-state index in [4.69, 9.17) is 0 Å². The predicted molar refractivity (Wildman–Crippen MR) is 51.2 cm³/mol. The van der Waals surface area contributed by atoms with Crippen LogP contribution in [0.15, 0.2) is 41.7 Å². The highest BCUT2D eigenvalue weighted by Crippen LogP contribution is 2.12. The molecule has 1 aromatic heterocycles. The topological polar surface area (TPSA) is 42.3 Å². The molecular weight excluding hydrogens is 164 g/mol. The van der Waals surface area contributed by atoms with Crippen molar-refractivity contribution in [1.29, 1.82) is 0 Å². The summed E-state index contributed by atoms with van der Waals surface area (Å²) >= 11 is 0. The summed E-state index contributed by atoms with van der Waals surface area (Å²) in [6.07, 6.45) is 1.68. The standard InChI is InChI=1S/C10H8N2O/c13-12-7-8-5-9-3-1-2-4-10(9)11-6-8/h1-6H,7H2. The maximum absolute atomic E-state index is 10.0. The van der Waals surface area contributed by atoms with E-state index in [1.54, 1.807) is 6.20 Å². The van der Waals surface area contributed by atoms with Crippen molar-refractivity contribution >= 4 is 10.9 Å². The zero-order valence-electron chi connectivity index (χ0n) is 6.97. The number of aromatic nitrogens is 1. The van der Waals surface area contributed by atoms with Crippen LogP contribution in [-0.4, -0.2) is 4.98 Å².